The van der Waals surface area contributed by atoms with Crippen LogP contribution in [0.25, 0.3) is 17.6 Å². The van der Waals surface area contributed by atoms with Crippen LogP contribution in [0.3, 0.4) is 0 Å². The summed E-state index contributed by atoms with van der Waals surface area (Å²) >= 11 is 0. The Morgan fingerprint density at radius 1 is 1.06 bits per heavy atom. The number of hydrogen-bond acceptors (Lipinski definition) is 5. The molecule has 4 rings (SSSR count). The van der Waals surface area contributed by atoms with Gasteiger partial charge in [-0.25, -0.2) is 9.67 Å². The van der Waals surface area contributed by atoms with Crippen molar-refractivity contribution < 1.29 is 35.9 Å². The van der Waals surface area contributed by atoms with Gasteiger partial charge in [0.25, 0.3) is 5.91 Å². The third-order valence-corrected chi connectivity index (χ3v) is 6.35. The van der Waals surface area contributed by atoms with Gasteiger partial charge >= 0.3 is 12.4 Å². The quantitative estimate of drug-likeness (QED) is 0.498. The molecule has 0 radical (unpaired) electrons. The van der Waals surface area contributed by atoms with Crippen LogP contribution in [0.15, 0.2) is 30.6 Å². The van der Waals surface area contributed by atoms with Crippen LogP contribution in [-0.2, 0) is 21.9 Å². The van der Waals surface area contributed by atoms with Crippen molar-refractivity contribution in [3.05, 3.63) is 41.7 Å². The molecule has 14 heteroatoms. The van der Waals surface area contributed by atoms with E-state index in [9.17, 15) is 35.9 Å². The van der Waals surface area contributed by atoms with Crippen LogP contribution < -0.4 is 5.43 Å². The van der Waals surface area contributed by atoms with Crippen molar-refractivity contribution in [3.63, 3.8) is 0 Å². The molecule has 2 aliphatic heterocycles. The van der Waals surface area contributed by atoms with E-state index in [-0.39, 0.29) is 17.4 Å². The van der Waals surface area contributed by atoms with Crippen molar-refractivity contribution in [1.82, 2.24) is 30.1 Å². The smallest absolute Gasteiger partial charge is 0.306 e. The van der Waals surface area contributed by atoms with Gasteiger partial charge in [-0.1, -0.05) is 0 Å². The summed E-state index contributed by atoms with van der Waals surface area (Å²) in [6.07, 6.45) is -4.81. The fraction of sp³-hybridized carbons (Fsp3) is 0.455. The van der Waals surface area contributed by atoms with Gasteiger partial charge in [-0.05, 0) is 51.2 Å². The Morgan fingerprint density at radius 3 is 2.25 bits per heavy atom. The van der Waals surface area contributed by atoms with Gasteiger partial charge in [0.1, 0.15) is 6.33 Å². The zero-order valence-corrected chi connectivity index (χ0v) is 19.0. The summed E-state index contributed by atoms with van der Waals surface area (Å²) in [4.78, 5) is 30.6. The molecule has 1 aromatic carbocycles. The number of carbonyl (C=O) groups is 2. The number of alkyl halides is 6. The lowest BCUT2D eigenvalue weighted by atomic mass is 9.78. The lowest BCUT2D eigenvalue weighted by Crippen LogP contribution is -2.45. The van der Waals surface area contributed by atoms with E-state index in [1.807, 2.05) is 7.05 Å². The van der Waals surface area contributed by atoms with E-state index in [0.29, 0.717) is 25.1 Å². The Balaban J connectivity index is 1.44. The summed E-state index contributed by atoms with van der Waals surface area (Å²) in [6.45, 7) is 2.11. The first-order valence-electron chi connectivity index (χ1n) is 10.9. The molecule has 0 saturated carbocycles. The molecule has 0 bridgehead atoms. The molecule has 1 aromatic heterocycles. The minimum Gasteiger partial charge on any atom is -0.306 e. The zero-order chi connectivity index (χ0) is 26.3. The third kappa shape index (κ3) is 5.69. The standard InChI is InChI=1S/C22H22F6N6O2/c1-32-6-3-20(4-7-32)11-18(36)34(12-20)30-17(35)2-5-33-13-29-19(31-33)14-8-15(21(23,24)25)10-16(9-14)22(26,27)28/h2,5,8-10,13H,3-4,6-7,11-12H2,1H3,(H,30,35)/b5-2-. The summed E-state index contributed by atoms with van der Waals surface area (Å²) in [5.41, 5.74) is -1.14. The molecule has 194 valence electrons. The summed E-state index contributed by atoms with van der Waals surface area (Å²) in [6, 6.07) is 1.05. The molecule has 2 aromatic rings. The van der Waals surface area contributed by atoms with Gasteiger partial charge in [-0.3, -0.25) is 20.0 Å². The predicted molar refractivity (Wildman–Crippen MR) is 114 cm³/mol. The second-order valence-corrected chi connectivity index (χ2v) is 9.09. The SMILES string of the molecule is CN1CCC2(CC1)CC(=O)N(NC(=O)/C=C\n1cnc(-c3cc(C(F)(F)F)cc(C(F)(F)F)c3)n1)C2. The van der Waals surface area contributed by atoms with Gasteiger partial charge in [0.05, 0.1) is 11.1 Å². The van der Waals surface area contributed by atoms with E-state index in [1.165, 1.54) is 5.01 Å². The Hall–Kier alpha value is -3.42. The molecule has 8 nitrogen and oxygen atoms in total. The molecule has 36 heavy (non-hydrogen) atoms. The van der Waals surface area contributed by atoms with Crippen molar-refractivity contribution in [2.45, 2.75) is 31.6 Å². The highest BCUT2D eigenvalue weighted by Crippen LogP contribution is 2.40. The summed E-state index contributed by atoms with van der Waals surface area (Å²) in [5.74, 6) is -1.24. The number of likely N-dealkylation sites (tertiary alicyclic amines) is 1. The second-order valence-electron chi connectivity index (χ2n) is 9.09. The van der Waals surface area contributed by atoms with E-state index < -0.39 is 40.8 Å². The van der Waals surface area contributed by atoms with Crippen molar-refractivity contribution in [3.8, 4) is 11.4 Å². The summed E-state index contributed by atoms with van der Waals surface area (Å²) in [7, 11) is 2.01. The van der Waals surface area contributed by atoms with Gasteiger partial charge in [0.2, 0.25) is 5.91 Å². The highest BCUT2D eigenvalue weighted by atomic mass is 19.4. The van der Waals surface area contributed by atoms with Gasteiger partial charge in [-0.15, -0.1) is 5.10 Å². The van der Waals surface area contributed by atoms with Crippen molar-refractivity contribution in [2.24, 2.45) is 5.41 Å². The number of piperidine rings is 1. The molecule has 2 aliphatic rings. The highest BCUT2D eigenvalue weighted by molar-refractivity contribution is 5.92. The largest absolute Gasteiger partial charge is 0.416 e. The second kappa shape index (κ2) is 9.22. The molecule has 2 fully saturated rings. The molecule has 3 heterocycles. The van der Waals surface area contributed by atoms with Gasteiger partial charge in [0, 0.05) is 36.2 Å². The van der Waals surface area contributed by atoms with Crippen molar-refractivity contribution in [1.29, 1.82) is 0 Å². The normalized spacial score (nSPS) is 19.0. The summed E-state index contributed by atoms with van der Waals surface area (Å²) < 4.78 is 79.5. The average molecular weight is 516 g/mol. The number of benzene rings is 1. The fourth-order valence-electron chi connectivity index (χ4n) is 4.30. The van der Waals surface area contributed by atoms with Crippen LogP contribution in [0.2, 0.25) is 0 Å². The van der Waals surface area contributed by atoms with Crippen LogP contribution in [0.5, 0.6) is 0 Å². The zero-order valence-electron chi connectivity index (χ0n) is 19.0. The number of nitrogens with zero attached hydrogens (tertiary/aromatic N) is 5. The first-order valence-corrected chi connectivity index (χ1v) is 10.9. The molecule has 1 spiro atoms. The summed E-state index contributed by atoms with van der Waals surface area (Å²) in [5, 5.41) is 5.11. The lowest BCUT2D eigenvalue weighted by molar-refractivity contribution is -0.143. The Bertz CT molecular complexity index is 1150. The number of hydrogen-bond donors (Lipinski definition) is 1. The van der Waals surface area contributed by atoms with E-state index in [1.54, 1.807) is 0 Å². The van der Waals surface area contributed by atoms with E-state index in [0.717, 1.165) is 49.2 Å². The topological polar surface area (TPSA) is 83.4 Å². The number of rotatable bonds is 4. The van der Waals surface area contributed by atoms with Crippen LogP contribution in [0.1, 0.15) is 30.4 Å². The molecule has 0 unspecified atom stereocenters. The van der Waals surface area contributed by atoms with Crippen LogP contribution in [-0.4, -0.2) is 63.2 Å². The Labute approximate surface area is 201 Å². The Morgan fingerprint density at radius 2 is 1.67 bits per heavy atom. The molecule has 0 aliphatic carbocycles. The van der Waals surface area contributed by atoms with E-state index in [4.69, 9.17) is 0 Å². The predicted octanol–water partition coefficient (Wildman–Crippen LogP) is 3.43. The molecule has 1 N–H and O–H groups in total. The van der Waals surface area contributed by atoms with E-state index >= 15 is 0 Å². The number of carbonyl (C=O) groups excluding carboxylic acids is 2. The van der Waals surface area contributed by atoms with Crippen molar-refractivity contribution in [2.75, 3.05) is 26.7 Å². The number of aromatic nitrogens is 3. The maximum absolute atomic E-state index is 13.1. The minimum atomic E-state index is -5.00. The molecular weight excluding hydrogens is 494 g/mol. The van der Waals surface area contributed by atoms with Gasteiger partial charge in [-0.2, -0.15) is 26.3 Å². The molecule has 0 atom stereocenters. The molecule has 2 amide bonds. The number of halogens is 6. The average Bonchev–Trinajstić information content (AvgIpc) is 3.38. The maximum Gasteiger partial charge on any atom is 0.416 e. The number of hydrazine groups is 1. The first-order chi connectivity index (χ1) is 16.7. The number of amides is 2. The molecular formula is C22H22F6N6O2. The van der Waals surface area contributed by atoms with E-state index in [2.05, 4.69) is 20.4 Å². The van der Waals surface area contributed by atoms with Crippen molar-refractivity contribution >= 4 is 18.0 Å². The maximum atomic E-state index is 13.1. The first kappa shape index (κ1) is 25.7. The fourth-order valence-corrected chi connectivity index (χ4v) is 4.30. The third-order valence-electron chi connectivity index (χ3n) is 6.35. The lowest BCUT2D eigenvalue weighted by Gasteiger charge is -2.36. The number of nitrogens with one attached hydrogen (secondary N) is 1. The monoisotopic (exact) mass is 516 g/mol. The highest BCUT2D eigenvalue weighted by Gasteiger charge is 2.45. The van der Waals surface area contributed by atoms with Crippen LogP contribution >= 0.6 is 0 Å². The minimum absolute atomic E-state index is 0.0140. The Kier molecular flexibility index (Phi) is 6.58. The van der Waals surface area contributed by atoms with Gasteiger partial charge < -0.3 is 4.90 Å². The molecule has 2 saturated heterocycles. The van der Waals surface area contributed by atoms with Crippen LogP contribution in [0, 0.1) is 5.41 Å². The van der Waals surface area contributed by atoms with Gasteiger partial charge in [0.15, 0.2) is 5.82 Å². The van der Waals surface area contributed by atoms with Crippen LogP contribution in [0.4, 0.5) is 26.3 Å².